The largest absolute Gasteiger partial charge is 0.481 e. The number of aliphatic carboxylic acids is 1. The number of carboxylic acid groups (broad SMARTS) is 1. The molecular weight excluding hydrogens is 372 g/mol. The Morgan fingerprint density at radius 2 is 1.97 bits per heavy atom. The van der Waals surface area contributed by atoms with Crippen LogP contribution in [0.3, 0.4) is 0 Å². The number of carboxylic acids is 1. The standard InChI is InChI=1S/C21H24N4O4/c1-15(13-25-14-18(23-24-25)7-8-19-6-3-9-29-19)22-20(26)11-16-4-2-5-17(10-16)12-21(27)28/h2-6,9-10,14-15H,7-8,11-13H2,1H3,(H,22,26)(H,27,28)/t15-/m1/s1. The van der Waals surface area contributed by atoms with Crippen molar-refractivity contribution in [2.24, 2.45) is 0 Å². The molecule has 2 aromatic heterocycles. The summed E-state index contributed by atoms with van der Waals surface area (Å²) in [5.41, 5.74) is 2.34. The molecule has 0 aliphatic rings. The second-order valence-electron chi connectivity index (χ2n) is 7.05. The van der Waals surface area contributed by atoms with Gasteiger partial charge in [0.1, 0.15) is 5.76 Å². The molecule has 2 N–H and O–H groups in total. The van der Waals surface area contributed by atoms with Gasteiger partial charge in [-0.25, -0.2) is 0 Å². The molecule has 8 nitrogen and oxygen atoms in total. The molecule has 0 saturated carbocycles. The Morgan fingerprint density at radius 1 is 1.17 bits per heavy atom. The van der Waals surface area contributed by atoms with Crippen LogP contribution < -0.4 is 5.32 Å². The summed E-state index contributed by atoms with van der Waals surface area (Å²) in [5, 5.41) is 20.1. The van der Waals surface area contributed by atoms with Crippen molar-refractivity contribution < 1.29 is 19.1 Å². The minimum atomic E-state index is -0.892. The van der Waals surface area contributed by atoms with Crippen LogP contribution in [0.25, 0.3) is 0 Å². The number of rotatable bonds is 10. The molecule has 0 unspecified atom stereocenters. The lowest BCUT2D eigenvalue weighted by molar-refractivity contribution is -0.136. The Hall–Kier alpha value is -3.42. The molecule has 0 spiro atoms. The number of amides is 1. The van der Waals surface area contributed by atoms with Gasteiger partial charge in [-0.2, -0.15) is 0 Å². The van der Waals surface area contributed by atoms with Crippen molar-refractivity contribution in [1.29, 1.82) is 0 Å². The molecule has 1 aromatic carbocycles. The number of carbonyl (C=O) groups is 2. The van der Waals surface area contributed by atoms with Crippen molar-refractivity contribution >= 4 is 11.9 Å². The van der Waals surface area contributed by atoms with Crippen LogP contribution in [0.5, 0.6) is 0 Å². The molecular formula is C21H24N4O4. The summed E-state index contributed by atoms with van der Waals surface area (Å²) in [7, 11) is 0. The summed E-state index contributed by atoms with van der Waals surface area (Å²) in [4.78, 5) is 23.1. The van der Waals surface area contributed by atoms with E-state index in [1.807, 2.05) is 31.3 Å². The molecule has 0 aliphatic carbocycles. The molecule has 0 bridgehead atoms. The lowest BCUT2D eigenvalue weighted by Crippen LogP contribution is -2.36. The number of nitrogens with one attached hydrogen (secondary N) is 1. The zero-order valence-electron chi connectivity index (χ0n) is 16.2. The fourth-order valence-corrected chi connectivity index (χ4v) is 3.11. The second kappa shape index (κ2) is 9.68. The summed E-state index contributed by atoms with van der Waals surface area (Å²) < 4.78 is 7.03. The number of benzene rings is 1. The first kappa shape index (κ1) is 20.3. The van der Waals surface area contributed by atoms with E-state index in [4.69, 9.17) is 9.52 Å². The number of hydrogen-bond donors (Lipinski definition) is 2. The molecule has 152 valence electrons. The van der Waals surface area contributed by atoms with Crippen LogP contribution in [0.4, 0.5) is 0 Å². The number of nitrogens with zero attached hydrogens (tertiary/aromatic N) is 3. The first-order valence-electron chi connectivity index (χ1n) is 9.48. The van der Waals surface area contributed by atoms with E-state index in [0.717, 1.165) is 29.9 Å². The normalized spacial score (nSPS) is 11.9. The first-order valence-corrected chi connectivity index (χ1v) is 9.48. The van der Waals surface area contributed by atoms with Gasteiger partial charge in [0, 0.05) is 25.1 Å². The van der Waals surface area contributed by atoms with Crippen LogP contribution in [0.2, 0.25) is 0 Å². The predicted molar refractivity (Wildman–Crippen MR) is 105 cm³/mol. The van der Waals surface area contributed by atoms with E-state index in [9.17, 15) is 9.59 Å². The highest BCUT2D eigenvalue weighted by Gasteiger charge is 2.11. The monoisotopic (exact) mass is 396 g/mol. The van der Waals surface area contributed by atoms with E-state index in [0.29, 0.717) is 12.1 Å². The van der Waals surface area contributed by atoms with Crippen molar-refractivity contribution in [3.63, 3.8) is 0 Å². The maximum atomic E-state index is 12.3. The molecule has 0 aliphatic heterocycles. The number of aryl methyl sites for hydroxylation is 2. The van der Waals surface area contributed by atoms with E-state index in [1.54, 1.807) is 29.1 Å². The van der Waals surface area contributed by atoms with Gasteiger partial charge in [-0.3, -0.25) is 14.3 Å². The van der Waals surface area contributed by atoms with Gasteiger partial charge >= 0.3 is 5.97 Å². The van der Waals surface area contributed by atoms with Crippen LogP contribution in [-0.2, 0) is 41.8 Å². The van der Waals surface area contributed by atoms with Crippen molar-refractivity contribution in [1.82, 2.24) is 20.3 Å². The predicted octanol–water partition coefficient (Wildman–Crippen LogP) is 2.03. The summed E-state index contributed by atoms with van der Waals surface area (Å²) in [6.07, 6.45) is 5.17. The van der Waals surface area contributed by atoms with Gasteiger partial charge in [0.05, 0.1) is 31.3 Å². The smallest absolute Gasteiger partial charge is 0.307 e. The molecule has 0 saturated heterocycles. The average Bonchev–Trinajstić information content (AvgIpc) is 3.31. The second-order valence-corrected chi connectivity index (χ2v) is 7.05. The summed E-state index contributed by atoms with van der Waals surface area (Å²) in [6.45, 7) is 2.42. The molecule has 2 heterocycles. The van der Waals surface area contributed by atoms with Gasteiger partial charge in [-0.1, -0.05) is 29.5 Å². The van der Waals surface area contributed by atoms with Crippen LogP contribution in [0.1, 0.15) is 29.5 Å². The van der Waals surface area contributed by atoms with Gasteiger partial charge in [0.15, 0.2) is 0 Å². The van der Waals surface area contributed by atoms with Gasteiger partial charge < -0.3 is 14.8 Å². The van der Waals surface area contributed by atoms with E-state index in [1.165, 1.54) is 0 Å². The number of furan rings is 1. The minimum Gasteiger partial charge on any atom is -0.481 e. The van der Waals surface area contributed by atoms with E-state index >= 15 is 0 Å². The number of hydrogen-bond acceptors (Lipinski definition) is 5. The Balaban J connectivity index is 1.46. The van der Waals surface area contributed by atoms with E-state index in [2.05, 4.69) is 15.6 Å². The van der Waals surface area contributed by atoms with Crippen molar-refractivity contribution in [2.45, 2.75) is 45.2 Å². The van der Waals surface area contributed by atoms with Crippen LogP contribution in [0, 0.1) is 0 Å². The fraction of sp³-hybridized carbons (Fsp3) is 0.333. The van der Waals surface area contributed by atoms with Crippen molar-refractivity contribution in [2.75, 3.05) is 0 Å². The molecule has 3 rings (SSSR count). The minimum absolute atomic E-state index is 0.0551. The summed E-state index contributed by atoms with van der Waals surface area (Å²) >= 11 is 0. The maximum absolute atomic E-state index is 12.3. The highest BCUT2D eigenvalue weighted by atomic mass is 16.4. The van der Waals surface area contributed by atoms with Crippen LogP contribution in [0.15, 0.2) is 53.3 Å². The molecule has 1 amide bonds. The molecule has 8 heteroatoms. The van der Waals surface area contributed by atoms with E-state index in [-0.39, 0.29) is 24.8 Å². The topological polar surface area (TPSA) is 110 Å². The SMILES string of the molecule is C[C@H](Cn1cc(CCc2ccco2)nn1)NC(=O)Cc1cccc(CC(=O)O)c1. The maximum Gasteiger partial charge on any atom is 0.307 e. The lowest BCUT2D eigenvalue weighted by Gasteiger charge is -2.13. The zero-order valence-corrected chi connectivity index (χ0v) is 16.2. The van der Waals surface area contributed by atoms with Gasteiger partial charge in [0.2, 0.25) is 5.91 Å². The van der Waals surface area contributed by atoms with Crippen LogP contribution >= 0.6 is 0 Å². The lowest BCUT2D eigenvalue weighted by atomic mass is 10.1. The Kier molecular flexibility index (Phi) is 6.78. The third-order valence-corrected chi connectivity index (χ3v) is 4.37. The Bertz CT molecular complexity index is 949. The number of carbonyl (C=O) groups excluding carboxylic acids is 1. The van der Waals surface area contributed by atoms with Crippen molar-refractivity contribution in [3.05, 3.63) is 71.4 Å². The highest BCUT2D eigenvalue weighted by molar-refractivity contribution is 5.79. The average molecular weight is 396 g/mol. The van der Waals surface area contributed by atoms with Crippen LogP contribution in [-0.4, -0.2) is 38.0 Å². The molecule has 1 atom stereocenters. The number of aromatic nitrogens is 3. The molecule has 0 radical (unpaired) electrons. The third-order valence-electron chi connectivity index (χ3n) is 4.37. The van der Waals surface area contributed by atoms with Gasteiger partial charge in [-0.15, -0.1) is 5.10 Å². The van der Waals surface area contributed by atoms with Gasteiger partial charge in [-0.05, 0) is 30.2 Å². The Morgan fingerprint density at radius 3 is 2.69 bits per heavy atom. The molecule has 0 fully saturated rings. The zero-order chi connectivity index (χ0) is 20.6. The summed E-state index contributed by atoms with van der Waals surface area (Å²) in [5.74, 6) is -0.104. The Labute approximate surface area is 168 Å². The quantitative estimate of drug-likeness (QED) is 0.543. The molecule has 3 aromatic rings. The summed E-state index contributed by atoms with van der Waals surface area (Å²) in [6, 6.07) is 10.7. The first-order chi connectivity index (χ1) is 14.0. The van der Waals surface area contributed by atoms with Crippen molar-refractivity contribution in [3.8, 4) is 0 Å². The molecule has 29 heavy (non-hydrogen) atoms. The van der Waals surface area contributed by atoms with Gasteiger partial charge in [0.25, 0.3) is 0 Å². The highest BCUT2D eigenvalue weighted by Crippen LogP contribution is 2.08. The van der Waals surface area contributed by atoms with E-state index < -0.39 is 5.97 Å². The fourth-order valence-electron chi connectivity index (χ4n) is 3.11. The third kappa shape index (κ3) is 6.60.